The minimum Gasteiger partial charge on any atom is -0.392 e. The van der Waals surface area contributed by atoms with Crippen LogP contribution in [0.2, 0.25) is 0 Å². The van der Waals surface area contributed by atoms with Gasteiger partial charge < -0.3 is 10.4 Å². The average Bonchev–Trinajstić information content (AvgIpc) is 3.07. The molecule has 0 bridgehead atoms. The van der Waals surface area contributed by atoms with Crippen molar-refractivity contribution in [3.05, 3.63) is 16.1 Å². The topological polar surface area (TPSA) is 45.1 Å². The van der Waals surface area contributed by atoms with Crippen LogP contribution >= 0.6 is 11.3 Å². The molecule has 2 atom stereocenters. The standard InChI is InChI=1S/C15H26N2OS/c1-3-11(2)14(18)10-16-8-13-9-17-15(19-13)12-6-4-5-7-12/h9,11-12,14,16,18H,3-8,10H2,1-2H3. The van der Waals surface area contributed by atoms with E-state index in [2.05, 4.69) is 24.1 Å². The van der Waals surface area contributed by atoms with Crippen LogP contribution in [-0.4, -0.2) is 22.7 Å². The zero-order valence-electron chi connectivity index (χ0n) is 12.1. The molecular weight excluding hydrogens is 256 g/mol. The molecule has 0 aliphatic heterocycles. The van der Waals surface area contributed by atoms with Gasteiger partial charge in [-0.3, -0.25) is 0 Å². The van der Waals surface area contributed by atoms with Crippen molar-refractivity contribution in [1.82, 2.24) is 10.3 Å². The fourth-order valence-electron chi connectivity index (χ4n) is 2.58. The van der Waals surface area contributed by atoms with Crippen LogP contribution in [0.25, 0.3) is 0 Å². The molecule has 19 heavy (non-hydrogen) atoms. The summed E-state index contributed by atoms with van der Waals surface area (Å²) in [6.07, 6.45) is 8.13. The van der Waals surface area contributed by atoms with Crippen molar-refractivity contribution in [2.24, 2.45) is 5.92 Å². The Balaban J connectivity index is 1.74. The molecule has 0 radical (unpaired) electrons. The van der Waals surface area contributed by atoms with Crippen LogP contribution < -0.4 is 5.32 Å². The SMILES string of the molecule is CCC(C)C(O)CNCc1cnc(C2CCCC2)s1. The van der Waals surface area contributed by atoms with Crippen molar-refractivity contribution in [2.75, 3.05) is 6.54 Å². The van der Waals surface area contributed by atoms with Gasteiger partial charge in [0, 0.05) is 30.1 Å². The lowest BCUT2D eigenvalue weighted by Gasteiger charge is -2.17. The van der Waals surface area contributed by atoms with Crippen molar-refractivity contribution < 1.29 is 5.11 Å². The first kappa shape index (κ1) is 14.9. The molecule has 1 aliphatic rings. The summed E-state index contributed by atoms with van der Waals surface area (Å²) in [6, 6.07) is 0. The summed E-state index contributed by atoms with van der Waals surface area (Å²) in [5.41, 5.74) is 0. The van der Waals surface area contributed by atoms with Gasteiger partial charge in [-0.15, -0.1) is 11.3 Å². The van der Waals surface area contributed by atoms with Crippen molar-refractivity contribution in [1.29, 1.82) is 0 Å². The highest BCUT2D eigenvalue weighted by Crippen LogP contribution is 2.35. The molecule has 0 spiro atoms. The summed E-state index contributed by atoms with van der Waals surface area (Å²) in [5, 5.41) is 14.6. The number of hydrogen-bond acceptors (Lipinski definition) is 4. The highest BCUT2D eigenvalue weighted by Gasteiger charge is 2.20. The van der Waals surface area contributed by atoms with Gasteiger partial charge in [-0.05, 0) is 18.8 Å². The molecule has 0 saturated heterocycles. The zero-order valence-corrected chi connectivity index (χ0v) is 12.9. The zero-order chi connectivity index (χ0) is 13.7. The second-order valence-corrected chi connectivity index (χ2v) is 6.88. The Hall–Kier alpha value is -0.450. The van der Waals surface area contributed by atoms with E-state index in [9.17, 15) is 5.11 Å². The average molecular weight is 282 g/mol. The summed E-state index contributed by atoms with van der Waals surface area (Å²) in [6.45, 7) is 5.71. The highest BCUT2D eigenvalue weighted by atomic mass is 32.1. The predicted octanol–water partition coefficient (Wildman–Crippen LogP) is 3.30. The quantitative estimate of drug-likeness (QED) is 0.806. The first-order valence-corrected chi connectivity index (χ1v) is 8.35. The third-order valence-corrected chi connectivity index (χ3v) is 5.39. The van der Waals surface area contributed by atoms with Gasteiger partial charge in [0.15, 0.2) is 0 Å². The lowest BCUT2D eigenvalue weighted by atomic mass is 10.0. The number of aliphatic hydroxyl groups excluding tert-OH is 1. The minimum atomic E-state index is -0.243. The second-order valence-electron chi connectivity index (χ2n) is 5.73. The molecule has 2 rings (SSSR count). The number of nitrogens with zero attached hydrogens (tertiary/aromatic N) is 1. The molecule has 1 fully saturated rings. The van der Waals surface area contributed by atoms with Crippen LogP contribution in [0.4, 0.5) is 0 Å². The van der Waals surface area contributed by atoms with Crippen LogP contribution in [0, 0.1) is 5.92 Å². The molecule has 2 unspecified atom stereocenters. The van der Waals surface area contributed by atoms with Crippen molar-refractivity contribution >= 4 is 11.3 Å². The lowest BCUT2D eigenvalue weighted by molar-refractivity contribution is 0.113. The van der Waals surface area contributed by atoms with Gasteiger partial charge in [-0.25, -0.2) is 4.98 Å². The van der Waals surface area contributed by atoms with Crippen LogP contribution in [0.3, 0.4) is 0 Å². The van der Waals surface area contributed by atoms with E-state index in [1.165, 1.54) is 35.6 Å². The van der Waals surface area contributed by atoms with Gasteiger partial charge in [0.05, 0.1) is 11.1 Å². The maximum Gasteiger partial charge on any atom is 0.0959 e. The van der Waals surface area contributed by atoms with Crippen LogP contribution in [0.5, 0.6) is 0 Å². The lowest BCUT2D eigenvalue weighted by Crippen LogP contribution is -2.30. The summed E-state index contributed by atoms with van der Waals surface area (Å²) in [4.78, 5) is 5.85. The Morgan fingerprint density at radius 3 is 2.89 bits per heavy atom. The first-order chi connectivity index (χ1) is 9.20. The monoisotopic (exact) mass is 282 g/mol. The predicted molar refractivity (Wildman–Crippen MR) is 80.5 cm³/mol. The molecule has 3 nitrogen and oxygen atoms in total. The number of aromatic nitrogens is 1. The maximum absolute atomic E-state index is 9.90. The molecular formula is C15H26N2OS. The number of rotatable bonds is 7. The smallest absolute Gasteiger partial charge is 0.0959 e. The minimum absolute atomic E-state index is 0.243. The van der Waals surface area contributed by atoms with Crippen LogP contribution in [0.1, 0.15) is 61.8 Å². The summed E-state index contributed by atoms with van der Waals surface area (Å²) < 4.78 is 0. The van der Waals surface area contributed by atoms with E-state index in [0.29, 0.717) is 18.4 Å². The molecule has 0 amide bonds. The van der Waals surface area contributed by atoms with Crippen LogP contribution in [0.15, 0.2) is 6.20 Å². The Labute approximate surface area is 120 Å². The summed E-state index contributed by atoms with van der Waals surface area (Å²) in [7, 11) is 0. The van der Waals surface area contributed by atoms with E-state index < -0.39 is 0 Å². The molecule has 1 heterocycles. The van der Waals surface area contributed by atoms with E-state index in [1.54, 1.807) is 0 Å². The molecule has 1 aromatic rings. The van der Waals surface area contributed by atoms with Gasteiger partial charge in [-0.2, -0.15) is 0 Å². The van der Waals surface area contributed by atoms with Gasteiger partial charge in [0.1, 0.15) is 0 Å². The van der Waals surface area contributed by atoms with Crippen molar-refractivity contribution in [2.45, 2.75) is 64.5 Å². The van der Waals surface area contributed by atoms with Gasteiger partial charge >= 0.3 is 0 Å². The Bertz CT molecular complexity index is 374. The third-order valence-electron chi connectivity index (χ3n) is 4.23. The Kier molecular flexibility index (Phi) is 5.79. The van der Waals surface area contributed by atoms with Crippen molar-refractivity contribution in [3.63, 3.8) is 0 Å². The second kappa shape index (κ2) is 7.36. The molecule has 108 valence electrons. The van der Waals surface area contributed by atoms with Crippen molar-refractivity contribution in [3.8, 4) is 0 Å². The molecule has 0 aromatic carbocycles. The molecule has 2 N–H and O–H groups in total. The van der Waals surface area contributed by atoms with E-state index in [-0.39, 0.29) is 6.10 Å². The third kappa shape index (κ3) is 4.26. The van der Waals surface area contributed by atoms with Crippen LogP contribution in [-0.2, 0) is 6.54 Å². The molecule has 1 saturated carbocycles. The fourth-order valence-corrected chi connectivity index (χ4v) is 3.64. The van der Waals surface area contributed by atoms with Gasteiger partial charge in [0.25, 0.3) is 0 Å². The van der Waals surface area contributed by atoms with E-state index >= 15 is 0 Å². The summed E-state index contributed by atoms with van der Waals surface area (Å²) in [5.74, 6) is 1.08. The molecule has 4 heteroatoms. The number of hydrogen-bond donors (Lipinski definition) is 2. The number of aliphatic hydroxyl groups is 1. The maximum atomic E-state index is 9.90. The largest absolute Gasteiger partial charge is 0.392 e. The van der Waals surface area contributed by atoms with E-state index in [0.717, 1.165) is 13.0 Å². The fraction of sp³-hybridized carbons (Fsp3) is 0.800. The molecule has 1 aromatic heterocycles. The van der Waals surface area contributed by atoms with Gasteiger partial charge in [0.2, 0.25) is 0 Å². The number of nitrogens with one attached hydrogen (secondary N) is 1. The molecule has 1 aliphatic carbocycles. The first-order valence-electron chi connectivity index (χ1n) is 7.54. The van der Waals surface area contributed by atoms with E-state index in [1.807, 2.05) is 17.5 Å². The normalized spacial score (nSPS) is 19.7. The Morgan fingerprint density at radius 1 is 1.47 bits per heavy atom. The highest BCUT2D eigenvalue weighted by molar-refractivity contribution is 7.11. The number of thiazole rings is 1. The Morgan fingerprint density at radius 2 is 2.21 bits per heavy atom. The van der Waals surface area contributed by atoms with E-state index in [4.69, 9.17) is 0 Å². The van der Waals surface area contributed by atoms with Gasteiger partial charge in [-0.1, -0.05) is 33.1 Å². The summed E-state index contributed by atoms with van der Waals surface area (Å²) >= 11 is 1.84.